The maximum absolute atomic E-state index is 14.1. The molecule has 3 aromatic carbocycles. The molecule has 0 bridgehead atoms. The average molecular weight is 558 g/mol. The van der Waals surface area contributed by atoms with Gasteiger partial charge in [0.2, 0.25) is 10.0 Å². The van der Waals surface area contributed by atoms with E-state index in [-0.39, 0.29) is 18.3 Å². The largest absolute Gasteiger partial charge is 0.366 e. The van der Waals surface area contributed by atoms with Crippen molar-refractivity contribution >= 4 is 60.3 Å². The molecule has 1 fully saturated rings. The first-order valence-electron chi connectivity index (χ1n) is 11.7. The van der Waals surface area contributed by atoms with Gasteiger partial charge in [-0.25, -0.2) is 12.8 Å². The highest BCUT2D eigenvalue weighted by molar-refractivity contribution is 7.92. The molecular weight excluding hydrogens is 533 g/mol. The molecule has 192 valence electrons. The van der Waals surface area contributed by atoms with E-state index < -0.39 is 10.0 Å². The summed E-state index contributed by atoms with van der Waals surface area (Å²) in [5.41, 5.74) is 1.89. The Kier molecular flexibility index (Phi) is 7.11. The van der Waals surface area contributed by atoms with E-state index >= 15 is 0 Å². The molecule has 1 saturated heterocycles. The summed E-state index contributed by atoms with van der Waals surface area (Å²) in [6.07, 6.45) is 1.18. The van der Waals surface area contributed by atoms with Crippen LogP contribution in [0.4, 0.5) is 15.8 Å². The maximum Gasteiger partial charge on any atom is 0.264 e. The van der Waals surface area contributed by atoms with Gasteiger partial charge in [0.05, 0.1) is 29.1 Å². The van der Waals surface area contributed by atoms with Crippen molar-refractivity contribution in [3.8, 4) is 0 Å². The van der Waals surface area contributed by atoms with Crippen LogP contribution in [0.15, 0.2) is 72.8 Å². The van der Waals surface area contributed by atoms with Crippen molar-refractivity contribution in [2.24, 2.45) is 0 Å². The van der Waals surface area contributed by atoms with E-state index in [9.17, 15) is 17.6 Å². The lowest BCUT2D eigenvalue weighted by Crippen LogP contribution is -2.48. The van der Waals surface area contributed by atoms with Crippen LogP contribution in [0.25, 0.3) is 10.1 Å². The summed E-state index contributed by atoms with van der Waals surface area (Å²) in [4.78, 5) is 17.6. The van der Waals surface area contributed by atoms with E-state index in [0.717, 1.165) is 15.6 Å². The zero-order valence-electron chi connectivity index (χ0n) is 20.1. The molecule has 2 heterocycles. The summed E-state index contributed by atoms with van der Waals surface area (Å²) in [7, 11) is -3.56. The minimum atomic E-state index is -3.56. The Labute approximate surface area is 224 Å². The van der Waals surface area contributed by atoms with Gasteiger partial charge in [0, 0.05) is 35.9 Å². The van der Waals surface area contributed by atoms with Crippen LogP contribution in [0.5, 0.6) is 0 Å². The summed E-state index contributed by atoms with van der Waals surface area (Å²) >= 11 is 7.35. The second kappa shape index (κ2) is 10.3. The molecule has 0 atom stereocenters. The second-order valence-electron chi connectivity index (χ2n) is 8.96. The first-order valence-corrected chi connectivity index (χ1v) is 14.8. The van der Waals surface area contributed by atoms with Gasteiger partial charge in [-0.2, -0.15) is 0 Å². The molecule has 0 aliphatic carbocycles. The summed E-state index contributed by atoms with van der Waals surface area (Å²) in [6.45, 7) is 2.26. The van der Waals surface area contributed by atoms with Crippen molar-refractivity contribution in [1.82, 2.24) is 4.90 Å². The summed E-state index contributed by atoms with van der Waals surface area (Å²) in [6, 6.07) is 21.0. The molecule has 6 nitrogen and oxygen atoms in total. The Morgan fingerprint density at radius 3 is 2.38 bits per heavy atom. The molecule has 0 N–H and O–H groups in total. The van der Waals surface area contributed by atoms with Gasteiger partial charge in [-0.3, -0.25) is 9.10 Å². The van der Waals surface area contributed by atoms with Crippen molar-refractivity contribution in [3.05, 3.63) is 94.1 Å². The quantitative estimate of drug-likeness (QED) is 0.309. The molecule has 0 radical (unpaired) electrons. The van der Waals surface area contributed by atoms with Crippen LogP contribution < -0.4 is 9.21 Å². The van der Waals surface area contributed by atoms with Gasteiger partial charge >= 0.3 is 0 Å². The molecule has 1 aliphatic heterocycles. The van der Waals surface area contributed by atoms with Crippen LogP contribution in [0.2, 0.25) is 5.02 Å². The number of anilines is 2. The van der Waals surface area contributed by atoms with E-state index in [1.807, 2.05) is 23.1 Å². The highest BCUT2D eigenvalue weighted by Gasteiger charge is 2.25. The lowest BCUT2D eigenvalue weighted by atomic mass is 10.2. The fourth-order valence-electron chi connectivity index (χ4n) is 4.46. The van der Waals surface area contributed by atoms with Crippen molar-refractivity contribution in [1.29, 1.82) is 0 Å². The van der Waals surface area contributed by atoms with Gasteiger partial charge in [0.1, 0.15) is 5.82 Å². The summed E-state index contributed by atoms with van der Waals surface area (Å²) in [5.74, 6) is -0.334. The molecule has 37 heavy (non-hydrogen) atoms. The first-order chi connectivity index (χ1) is 17.7. The number of carbonyl (C=O) groups is 1. The van der Waals surface area contributed by atoms with Gasteiger partial charge in [-0.15, -0.1) is 11.3 Å². The Hall–Kier alpha value is -3.14. The number of fused-ring (bicyclic) bond motifs is 1. The van der Waals surface area contributed by atoms with E-state index in [1.165, 1.54) is 28.0 Å². The molecule has 5 rings (SSSR count). The average Bonchev–Trinajstić information content (AvgIpc) is 3.31. The van der Waals surface area contributed by atoms with E-state index in [1.54, 1.807) is 53.4 Å². The molecule has 4 aromatic rings. The van der Waals surface area contributed by atoms with Gasteiger partial charge in [0.15, 0.2) is 0 Å². The van der Waals surface area contributed by atoms with E-state index in [4.69, 9.17) is 11.6 Å². The Morgan fingerprint density at radius 2 is 1.70 bits per heavy atom. The van der Waals surface area contributed by atoms with Crippen LogP contribution >= 0.6 is 22.9 Å². The zero-order valence-corrected chi connectivity index (χ0v) is 22.5. The topological polar surface area (TPSA) is 60.9 Å². The monoisotopic (exact) mass is 557 g/mol. The van der Waals surface area contributed by atoms with Crippen LogP contribution in [0.1, 0.15) is 15.2 Å². The predicted molar refractivity (Wildman–Crippen MR) is 149 cm³/mol. The van der Waals surface area contributed by atoms with Gasteiger partial charge in [-0.1, -0.05) is 35.9 Å². The lowest BCUT2D eigenvalue weighted by molar-refractivity contribution is 0.0751. The lowest BCUT2D eigenvalue weighted by Gasteiger charge is -2.36. The molecule has 0 saturated carbocycles. The number of rotatable bonds is 6. The molecule has 1 amide bonds. The number of carbonyl (C=O) groups excluding carboxylic acids is 1. The van der Waals surface area contributed by atoms with Crippen molar-refractivity contribution < 1.29 is 17.6 Å². The number of thiophene rings is 1. The highest BCUT2D eigenvalue weighted by atomic mass is 35.5. The number of para-hydroxylation sites is 1. The first kappa shape index (κ1) is 25.5. The number of hydrogen-bond donors (Lipinski definition) is 0. The number of piperazine rings is 1. The third-order valence-electron chi connectivity index (χ3n) is 6.40. The Morgan fingerprint density at radius 1 is 1.00 bits per heavy atom. The predicted octanol–water partition coefficient (Wildman–Crippen LogP) is 5.62. The number of hydrogen-bond acceptors (Lipinski definition) is 5. The smallest absolute Gasteiger partial charge is 0.264 e. The molecule has 1 aliphatic rings. The molecule has 0 spiro atoms. The van der Waals surface area contributed by atoms with Gasteiger partial charge in [-0.05, 0) is 59.5 Å². The Bertz CT molecular complexity index is 1550. The van der Waals surface area contributed by atoms with Gasteiger partial charge < -0.3 is 9.80 Å². The number of halogens is 2. The van der Waals surface area contributed by atoms with Crippen LogP contribution in [-0.2, 0) is 16.6 Å². The maximum atomic E-state index is 14.1. The molecular formula is C27H25ClFN3O3S2. The zero-order chi connectivity index (χ0) is 26.2. The molecule has 1 aromatic heterocycles. The Balaban J connectivity index is 1.34. The molecule has 0 unspecified atom stereocenters. The fraction of sp³-hybridized carbons (Fsp3) is 0.222. The number of sulfonamides is 1. The normalized spacial score (nSPS) is 14.2. The third kappa shape index (κ3) is 5.58. The summed E-state index contributed by atoms with van der Waals surface area (Å²) < 4.78 is 41.6. The third-order valence-corrected chi connectivity index (χ3v) is 8.90. The van der Waals surface area contributed by atoms with E-state index in [0.29, 0.717) is 47.5 Å². The van der Waals surface area contributed by atoms with Crippen molar-refractivity contribution in [2.75, 3.05) is 41.6 Å². The van der Waals surface area contributed by atoms with Crippen LogP contribution in [0, 0.1) is 5.82 Å². The van der Waals surface area contributed by atoms with Crippen LogP contribution in [-0.4, -0.2) is 51.7 Å². The molecule has 10 heteroatoms. The number of benzene rings is 3. The standard InChI is InChI=1S/C27H25ClFN3O3S2/c1-37(34,35)32(18-19-6-8-21(28)9-7-19)22-10-11-25-20(16-22)17-26(36-25)27(33)31-14-12-30(13-15-31)24-5-3-2-4-23(24)29/h2-11,16-17H,12-15,18H2,1H3. The minimum Gasteiger partial charge on any atom is -0.366 e. The minimum absolute atomic E-state index is 0.0722. The SMILES string of the molecule is CS(=O)(=O)N(Cc1ccc(Cl)cc1)c1ccc2sc(C(=O)N3CCN(c4ccccc4F)CC3)cc2c1. The number of amides is 1. The highest BCUT2D eigenvalue weighted by Crippen LogP contribution is 2.32. The fourth-order valence-corrected chi connectivity index (χ4v) is 6.48. The van der Waals surface area contributed by atoms with E-state index in [2.05, 4.69) is 0 Å². The van der Waals surface area contributed by atoms with Crippen molar-refractivity contribution in [3.63, 3.8) is 0 Å². The summed E-state index contributed by atoms with van der Waals surface area (Å²) in [5, 5.41) is 1.39. The second-order valence-corrected chi connectivity index (χ2v) is 12.4. The van der Waals surface area contributed by atoms with Crippen molar-refractivity contribution in [2.45, 2.75) is 6.54 Å². The number of nitrogens with zero attached hydrogens (tertiary/aromatic N) is 3. The van der Waals surface area contributed by atoms with Gasteiger partial charge in [0.25, 0.3) is 5.91 Å². The van der Waals surface area contributed by atoms with Crippen LogP contribution in [0.3, 0.4) is 0 Å².